The number of fused-ring (bicyclic) bond motifs is 1. The van der Waals surface area contributed by atoms with E-state index in [2.05, 4.69) is 24.4 Å². The van der Waals surface area contributed by atoms with Crippen molar-refractivity contribution < 1.29 is 0 Å². The molecular formula is C10H16Cl2N2. The Morgan fingerprint density at radius 2 is 2.00 bits per heavy atom. The van der Waals surface area contributed by atoms with Gasteiger partial charge in [0.1, 0.15) is 0 Å². The molecule has 4 heteroatoms. The Hall–Kier alpha value is -0.440. The van der Waals surface area contributed by atoms with Crippen LogP contribution in [0.3, 0.4) is 0 Å². The number of nitrogen functional groups attached to an aromatic ring is 1. The van der Waals surface area contributed by atoms with E-state index in [9.17, 15) is 0 Å². The first-order valence-corrected chi connectivity index (χ1v) is 4.36. The minimum absolute atomic E-state index is 0. The third-order valence-electron chi connectivity index (χ3n) is 2.54. The molecule has 1 aliphatic heterocycles. The number of hydrogen-bond acceptors (Lipinski definition) is 2. The third kappa shape index (κ3) is 2.32. The molecule has 1 aromatic carbocycles. The zero-order valence-corrected chi connectivity index (χ0v) is 9.80. The van der Waals surface area contributed by atoms with E-state index in [4.69, 9.17) is 5.73 Å². The highest BCUT2D eigenvalue weighted by molar-refractivity contribution is 5.85. The molecule has 0 spiro atoms. The normalized spacial score (nSPS) is 13.5. The molecule has 2 nitrogen and oxygen atoms in total. The summed E-state index contributed by atoms with van der Waals surface area (Å²) in [6.45, 7) is 4.10. The number of nitrogens with one attached hydrogen (secondary N) is 1. The predicted octanol–water partition coefficient (Wildman–Crippen LogP) is 2.07. The largest absolute Gasteiger partial charge is 0.398 e. The molecule has 0 saturated carbocycles. The molecule has 0 amide bonds. The molecule has 0 unspecified atom stereocenters. The number of rotatable bonds is 0. The number of hydrogen-bond donors (Lipinski definition) is 2. The van der Waals surface area contributed by atoms with Gasteiger partial charge in [-0.15, -0.1) is 24.8 Å². The van der Waals surface area contributed by atoms with Gasteiger partial charge in [0.05, 0.1) is 0 Å². The van der Waals surface area contributed by atoms with Crippen molar-refractivity contribution in [2.45, 2.75) is 19.9 Å². The molecular weight excluding hydrogens is 219 g/mol. The number of benzene rings is 1. The quantitative estimate of drug-likeness (QED) is 0.675. The second-order valence-corrected chi connectivity index (χ2v) is 3.36. The highest BCUT2D eigenvalue weighted by atomic mass is 35.5. The van der Waals surface area contributed by atoms with Gasteiger partial charge in [-0.1, -0.05) is 12.1 Å². The van der Waals surface area contributed by atoms with Crippen LogP contribution in [-0.2, 0) is 13.0 Å². The lowest BCUT2D eigenvalue weighted by molar-refractivity contribution is 0.644. The Morgan fingerprint density at radius 1 is 1.29 bits per heavy atom. The smallest absolute Gasteiger partial charge is 0.0380 e. The van der Waals surface area contributed by atoms with Crippen LogP contribution in [0.2, 0.25) is 0 Å². The van der Waals surface area contributed by atoms with Crippen molar-refractivity contribution in [3.05, 3.63) is 28.8 Å². The molecule has 2 rings (SSSR count). The summed E-state index contributed by atoms with van der Waals surface area (Å²) in [6, 6.07) is 4.27. The van der Waals surface area contributed by atoms with Crippen molar-refractivity contribution in [1.29, 1.82) is 0 Å². The van der Waals surface area contributed by atoms with Crippen LogP contribution in [0.15, 0.2) is 12.1 Å². The SMILES string of the molecule is Cc1ccc2c(c1N)CCNC2.Cl.Cl. The van der Waals surface area contributed by atoms with Gasteiger partial charge in [0.25, 0.3) is 0 Å². The Balaban J connectivity index is 0.000000845. The Kier molecular flexibility index (Phi) is 5.27. The van der Waals surface area contributed by atoms with Crippen LogP contribution in [0.1, 0.15) is 16.7 Å². The first kappa shape index (κ1) is 13.6. The maximum absolute atomic E-state index is 5.98. The minimum atomic E-state index is 0. The number of aryl methyl sites for hydroxylation is 1. The van der Waals surface area contributed by atoms with E-state index in [1.165, 1.54) is 16.7 Å². The minimum Gasteiger partial charge on any atom is -0.398 e. The summed E-state index contributed by atoms with van der Waals surface area (Å²) >= 11 is 0. The lowest BCUT2D eigenvalue weighted by Crippen LogP contribution is -2.24. The summed E-state index contributed by atoms with van der Waals surface area (Å²) in [6.07, 6.45) is 1.07. The predicted molar refractivity (Wildman–Crippen MR) is 65.5 cm³/mol. The molecule has 14 heavy (non-hydrogen) atoms. The van der Waals surface area contributed by atoms with Crippen LogP contribution in [0.25, 0.3) is 0 Å². The van der Waals surface area contributed by atoms with Gasteiger partial charge in [0.15, 0.2) is 0 Å². The number of anilines is 1. The van der Waals surface area contributed by atoms with Crippen molar-refractivity contribution in [1.82, 2.24) is 5.32 Å². The summed E-state index contributed by atoms with van der Waals surface area (Å²) < 4.78 is 0. The van der Waals surface area contributed by atoms with Crippen molar-refractivity contribution >= 4 is 30.5 Å². The summed E-state index contributed by atoms with van der Waals surface area (Å²) in [7, 11) is 0. The molecule has 0 aromatic heterocycles. The number of halogens is 2. The van der Waals surface area contributed by atoms with Crippen molar-refractivity contribution in [2.75, 3.05) is 12.3 Å². The van der Waals surface area contributed by atoms with Gasteiger partial charge in [-0.25, -0.2) is 0 Å². The van der Waals surface area contributed by atoms with E-state index in [0.717, 1.165) is 25.2 Å². The average molecular weight is 235 g/mol. The maximum Gasteiger partial charge on any atom is 0.0380 e. The van der Waals surface area contributed by atoms with E-state index in [-0.39, 0.29) is 24.8 Å². The third-order valence-corrected chi connectivity index (χ3v) is 2.54. The van der Waals surface area contributed by atoms with Gasteiger partial charge in [0, 0.05) is 12.2 Å². The molecule has 3 N–H and O–H groups in total. The van der Waals surface area contributed by atoms with Gasteiger partial charge < -0.3 is 11.1 Å². The van der Waals surface area contributed by atoms with Crippen molar-refractivity contribution in [2.24, 2.45) is 0 Å². The second-order valence-electron chi connectivity index (χ2n) is 3.36. The topological polar surface area (TPSA) is 38.0 Å². The molecule has 0 radical (unpaired) electrons. The fourth-order valence-electron chi connectivity index (χ4n) is 1.72. The van der Waals surface area contributed by atoms with Gasteiger partial charge in [0.2, 0.25) is 0 Å². The Labute approximate surface area is 97.1 Å². The molecule has 0 fully saturated rings. The van der Waals surface area contributed by atoms with E-state index in [1.54, 1.807) is 0 Å². The zero-order valence-electron chi connectivity index (χ0n) is 8.17. The monoisotopic (exact) mass is 234 g/mol. The lowest BCUT2D eigenvalue weighted by atomic mass is 9.96. The van der Waals surface area contributed by atoms with Crippen molar-refractivity contribution in [3.63, 3.8) is 0 Å². The molecule has 1 heterocycles. The maximum atomic E-state index is 5.98. The fraction of sp³-hybridized carbons (Fsp3) is 0.400. The van der Waals surface area contributed by atoms with Gasteiger partial charge in [-0.3, -0.25) is 0 Å². The highest BCUT2D eigenvalue weighted by Crippen LogP contribution is 2.23. The van der Waals surface area contributed by atoms with Crippen LogP contribution >= 0.6 is 24.8 Å². The van der Waals surface area contributed by atoms with Gasteiger partial charge >= 0.3 is 0 Å². The molecule has 80 valence electrons. The van der Waals surface area contributed by atoms with E-state index in [0.29, 0.717) is 0 Å². The standard InChI is InChI=1S/C10H14N2.2ClH/c1-7-2-3-8-6-12-5-4-9(8)10(7)11;;/h2-3,12H,4-6,11H2,1H3;2*1H. The average Bonchev–Trinajstić information content (AvgIpc) is 2.12. The van der Waals surface area contributed by atoms with Crippen LogP contribution < -0.4 is 11.1 Å². The second kappa shape index (κ2) is 5.44. The summed E-state index contributed by atoms with van der Waals surface area (Å²) in [4.78, 5) is 0. The van der Waals surface area contributed by atoms with Gasteiger partial charge in [-0.05, 0) is 36.6 Å². The molecule has 0 aliphatic carbocycles. The Morgan fingerprint density at radius 3 is 2.71 bits per heavy atom. The summed E-state index contributed by atoms with van der Waals surface area (Å²) in [5.41, 5.74) is 10.9. The van der Waals surface area contributed by atoms with E-state index < -0.39 is 0 Å². The fourth-order valence-corrected chi connectivity index (χ4v) is 1.72. The first-order chi connectivity index (χ1) is 5.79. The van der Waals surface area contributed by atoms with Crippen LogP contribution in [0, 0.1) is 6.92 Å². The molecule has 1 aromatic rings. The van der Waals surface area contributed by atoms with Crippen LogP contribution in [-0.4, -0.2) is 6.54 Å². The highest BCUT2D eigenvalue weighted by Gasteiger charge is 2.11. The Bertz CT molecular complexity index is 313. The van der Waals surface area contributed by atoms with Crippen LogP contribution in [0.4, 0.5) is 5.69 Å². The van der Waals surface area contributed by atoms with Gasteiger partial charge in [-0.2, -0.15) is 0 Å². The molecule has 0 bridgehead atoms. The van der Waals surface area contributed by atoms with E-state index >= 15 is 0 Å². The molecule has 1 aliphatic rings. The summed E-state index contributed by atoms with van der Waals surface area (Å²) in [5, 5.41) is 3.33. The number of nitrogens with two attached hydrogens (primary N) is 1. The molecule has 0 atom stereocenters. The zero-order chi connectivity index (χ0) is 8.55. The first-order valence-electron chi connectivity index (χ1n) is 4.36. The van der Waals surface area contributed by atoms with E-state index in [1.807, 2.05) is 0 Å². The summed E-state index contributed by atoms with van der Waals surface area (Å²) in [5.74, 6) is 0. The molecule has 0 saturated heterocycles. The lowest BCUT2D eigenvalue weighted by Gasteiger charge is -2.19. The van der Waals surface area contributed by atoms with Crippen LogP contribution in [0.5, 0.6) is 0 Å². The van der Waals surface area contributed by atoms with Crippen molar-refractivity contribution in [3.8, 4) is 0 Å².